The number of benzene rings is 1. The highest BCUT2D eigenvalue weighted by Gasteiger charge is 2.26. The van der Waals surface area contributed by atoms with Crippen molar-refractivity contribution in [2.45, 2.75) is 45.3 Å². The molecule has 2 heterocycles. The third-order valence-corrected chi connectivity index (χ3v) is 5.84. The first kappa shape index (κ1) is 23.6. The maximum Gasteiger partial charge on any atom is 0.257 e. The van der Waals surface area contributed by atoms with Crippen molar-refractivity contribution >= 4 is 22.5 Å². The number of carbonyl (C=O) groups excluding carboxylic acids is 1. The normalized spacial score (nSPS) is 15.0. The molecule has 1 amide bonds. The average Bonchev–Trinajstić information content (AvgIpc) is 3.63. The SMILES string of the molecule is C/C=C(\C=C(/[NH2+]O)C(C)(C)O)c1cccc(-n2cc(C(=O)NC3CC3)c(=O)c3cccnc32)c1. The van der Waals surface area contributed by atoms with Gasteiger partial charge in [0.15, 0.2) is 5.70 Å². The number of nitrogens with zero attached hydrogens (tertiary/aromatic N) is 2. The van der Waals surface area contributed by atoms with E-state index in [2.05, 4.69) is 10.3 Å². The Morgan fingerprint density at radius 1 is 1.26 bits per heavy atom. The molecule has 0 bridgehead atoms. The number of hydrogen-bond donors (Lipinski definition) is 4. The summed E-state index contributed by atoms with van der Waals surface area (Å²) in [5.74, 6) is -0.381. The van der Waals surface area contributed by atoms with E-state index in [0.29, 0.717) is 22.4 Å². The van der Waals surface area contributed by atoms with Crippen LogP contribution in [0.15, 0.2) is 71.4 Å². The fraction of sp³-hybridized carbons (Fsp3) is 0.269. The number of fused-ring (bicyclic) bond motifs is 1. The van der Waals surface area contributed by atoms with Gasteiger partial charge in [-0.1, -0.05) is 18.2 Å². The second-order valence-electron chi connectivity index (χ2n) is 8.95. The van der Waals surface area contributed by atoms with Gasteiger partial charge in [-0.15, -0.1) is 0 Å². The number of aliphatic hydroxyl groups is 1. The lowest BCUT2D eigenvalue weighted by Gasteiger charge is -2.17. The van der Waals surface area contributed by atoms with Crippen LogP contribution in [-0.4, -0.2) is 37.4 Å². The summed E-state index contributed by atoms with van der Waals surface area (Å²) in [6, 6.07) is 11.0. The fourth-order valence-electron chi connectivity index (χ4n) is 3.72. The first-order valence-electron chi connectivity index (χ1n) is 11.2. The van der Waals surface area contributed by atoms with E-state index >= 15 is 0 Å². The molecule has 1 aromatic carbocycles. The van der Waals surface area contributed by atoms with Crippen molar-refractivity contribution in [1.82, 2.24) is 14.9 Å². The van der Waals surface area contributed by atoms with E-state index in [-0.39, 0.29) is 22.9 Å². The molecule has 3 aromatic rings. The molecule has 4 rings (SSSR count). The number of hydrogen-bond acceptors (Lipinski definition) is 5. The first-order valence-corrected chi connectivity index (χ1v) is 11.2. The topological polar surface area (TPSA) is 121 Å². The van der Waals surface area contributed by atoms with E-state index in [0.717, 1.165) is 29.5 Å². The van der Waals surface area contributed by atoms with Crippen LogP contribution in [0, 0.1) is 0 Å². The average molecular weight is 462 g/mol. The first-order chi connectivity index (χ1) is 16.2. The van der Waals surface area contributed by atoms with Crippen LogP contribution >= 0.6 is 0 Å². The zero-order valence-electron chi connectivity index (χ0n) is 19.4. The maximum atomic E-state index is 13.0. The van der Waals surface area contributed by atoms with Crippen LogP contribution < -0.4 is 16.2 Å². The van der Waals surface area contributed by atoms with Crippen molar-refractivity contribution in [3.8, 4) is 5.69 Å². The molecule has 1 fully saturated rings. The second kappa shape index (κ2) is 9.34. The molecule has 0 atom stereocenters. The van der Waals surface area contributed by atoms with Gasteiger partial charge in [0.05, 0.1) is 5.39 Å². The number of nitrogens with two attached hydrogens (primary N) is 1. The van der Waals surface area contributed by atoms with Crippen molar-refractivity contribution in [1.29, 1.82) is 0 Å². The third kappa shape index (κ3) is 4.84. The molecule has 8 heteroatoms. The van der Waals surface area contributed by atoms with Gasteiger partial charge >= 0.3 is 0 Å². The molecular weight excluding hydrogens is 432 g/mol. The Kier molecular flexibility index (Phi) is 6.47. The minimum atomic E-state index is -1.22. The summed E-state index contributed by atoms with van der Waals surface area (Å²) in [6.07, 6.45) is 8.60. The van der Waals surface area contributed by atoms with Crippen LogP contribution in [0.5, 0.6) is 0 Å². The lowest BCUT2D eigenvalue weighted by molar-refractivity contribution is -0.856. The van der Waals surface area contributed by atoms with Crippen molar-refractivity contribution in [2.75, 3.05) is 0 Å². The maximum absolute atomic E-state index is 13.0. The summed E-state index contributed by atoms with van der Waals surface area (Å²) in [7, 11) is 0. The molecule has 5 N–H and O–H groups in total. The largest absolute Gasteiger partial charge is 0.380 e. The summed E-state index contributed by atoms with van der Waals surface area (Å²) in [4.78, 5) is 30.3. The number of nitrogens with one attached hydrogen (secondary N) is 1. The Hall–Kier alpha value is -3.59. The van der Waals surface area contributed by atoms with E-state index < -0.39 is 5.60 Å². The summed E-state index contributed by atoms with van der Waals surface area (Å²) in [6.45, 7) is 5.07. The summed E-state index contributed by atoms with van der Waals surface area (Å²) in [5, 5.41) is 23.2. The molecule has 1 aliphatic rings. The fourth-order valence-corrected chi connectivity index (χ4v) is 3.72. The van der Waals surface area contributed by atoms with Crippen molar-refractivity contribution in [3.63, 3.8) is 0 Å². The standard InChI is InChI=1S/C26H28N4O4/c1-4-16(14-22(29-34)26(2,3)33)17-7-5-8-19(13-17)30-15-21(25(32)28-18-10-11-18)23(31)20-9-6-12-27-24(20)30/h4-9,12-15,18,29,33-34H,10-11H2,1-3H3,(H,28,32)/p+1/b16-4+,22-14-. The number of hydroxylamine groups is 1. The Labute approximate surface area is 197 Å². The molecule has 1 saturated carbocycles. The number of quaternary nitrogens is 1. The quantitative estimate of drug-likeness (QED) is 0.318. The molecular formula is C26H29N4O4+. The number of carbonyl (C=O) groups is 1. The predicted molar refractivity (Wildman–Crippen MR) is 130 cm³/mol. The van der Waals surface area contributed by atoms with Gasteiger partial charge in [0.1, 0.15) is 16.8 Å². The van der Waals surface area contributed by atoms with Gasteiger partial charge in [0.25, 0.3) is 5.91 Å². The molecule has 8 nitrogen and oxygen atoms in total. The molecule has 176 valence electrons. The van der Waals surface area contributed by atoms with Crippen LogP contribution in [0.3, 0.4) is 0 Å². The van der Waals surface area contributed by atoms with Gasteiger partial charge in [0, 0.05) is 30.2 Å². The van der Waals surface area contributed by atoms with Crippen LogP contribution in [-0.2, 0) is 0 Å². The Morgan fingerprint density at radius 3 is 2.68 bits per heavy atom. The Bertz CT molecular complexity index is 1360. The lowest BCUT2D eigenvalue weighted by atomic mass is 9.98. The number of allylic oxidation sites excluding steroid dienone is 3. The van der Waals surface area contributed by atoms with E-state index in [1.165, 1.54) is 0 Å². The molecule has 0 radical (unpaired) electrons. The number of pyridine rings is 2. The lowest BCUT2D eigenvalue weighted by Crippen LogP contribution is -2.82. The highest BCUT2D eigenvalue weighted by Crippen LogP contribution is 2.24. The zero-order valence-corrected chi connectivity index (χ0v) is 19.4. The predicted octanol–water partition coefficient (Wildman–Crippen LogP) is 2.29. The van der Waals surface area contributed by atoms with Crippen molar-refractivity contribution in [2.24, 2.45) is 0 Å². The molecule has 0 saturated heterocycles. The number of amides is 1. The summed E-state index contributed by atoms with van der Waals surface area (Å²) < 4.78 is 1.74. The zero-order chi connectivity index (χ0) is 24.5. The monoisotopic (exact) mass is 461 g/mol. The molecule has 0 unspecified atom stereocenters. The van der Waals surface area contributed by atoms with E-state index in [4.69, 9.17) is 0 Å². The summed E-state index contributed by atoms with van der Waals surface area (Å²) >= 11 is 0. The van der Waals surface area contributed by atoms with Gasteiger partial charge in [-0.25, -0.2) is 10.2 Å². The van der Waals surface area contributed by atoms with Crippen LogP contribution in [0.4, 0.5) is 0 Å². The van der Waals surface area contributed by atoms with E-state index in [1.54, 1.807) is 49.0 Å². The molecule has 0 spiro atoms. The van der Waals surface area contributed by atoms with Crippen molar-refractivity contribution in [3.05, 3.63) is 88.0 Å². The number of aromatic nitrogens is 2. The Balaban J connectivity index is 1.85. The minimum Gasteiger partial charge on any atom is -0.380 e. The third-order valence-electron chi connectivity index (χ3n) is 5.84. The minimum absolute atomic E-state index is 0.0724. The second-order valence-corrected chi connectivity index (χ2v) is 8.95. The van der Waals surface area contributed by atoms with Gasteiger partial charge in [-0.3, -0.25) is 9.59 Å². The molecule has 1 aliphatic carbocycles. The smallest absolute Gasteiger partial charge is 0.257 e. The number of rotatable bonds is 7. The van der Waals surface area contributed by atoms with Gasteiger partial charge < -0.3 is 15.0 Å². The Morgan fingerprint density at radius 2 is 2.03 bits per heavy atom. The van der Waals surface area contributed by atoms with Crippen LogP contribution in [0.25, 0.3) is 22.3 Å². The molecule has 2 aromatic heterocycles. The van der Waals surface area contributed by atoms with Gasteiger partial charge in [-0.2, -0.15) is 5.48 Å². The van der Waals surface area contributed by atoms with E-state index in [1.807, 2.05) is 37.3 Å². The summed E-state index contributed by atoms with van der Waals surface area (Å²) in [5.41, 5.74) is 2.55. The van der Waals surface area contributed by atoms with Crippen molar-refractivity contribution < 1.29 is 20.6 Å². The molecule has 34 heavy (non-hydrogen) atoms. The van der Waals surface area contributed by atoms with Gasteiger partial charge in [-0.05, 0) is 69.0 Å². The van der Waals surface area contributed by atoms with Crippen LogP contribution in [0.1, 0.15) is 49.5 Å². The van der Waals surface area contributed by atoms with Crippen LogP contribution in [0.2, 0.25) is 0 Å². The van der Waals surface area contributed by atoms with E-state index in [9.17, 15) is 19.9 Å². The highest BCUT2D eigenvalue weighted by molar-refractivity contribution is 5.97. The highest BCUT2D eigenvalue weighted by atomic mass is 16.5. The molecule has 0 aliphatic heterocycles. The van der Waals surface area contributed by atoms with Gasteiger partial charge in [0.2, 0.25) is 5.43 Å².